The normalized spacial score (nSPS) is 10.8. The minimum atomic E-state index is -0.0561. The third-order valence-electron chi connectivity index (χ3n) is 2.87. The monoisotopic (exact) mass is 394 g/mol. The lowest BCUT2D eigenvalue weighted by molar-refractivity contribution is 0.0947. The molecule has 1 rings (SSSR count). The van der Waals surface area contributed by atoms with Gasteiger partial charge in [0.25, 0.3) is 5.91 Å². The lowest BCUT2D eigenvalue weighted by Gasteiger charge is -2.19. The number of benzene rings is 1. The summed E-state index contributed by atoms with van der Waals surface area (Å²) in [4.78, 5) is 14.4. The first-order chi connectivity index (χ1) is 9.08. The highest BCUT2D eigenvalue weighted by Gasteiger charge is 2.10. The zero-order chi connectivity index (χ0) is 14.3. The van der Waals surface area contributed by atoms with E-state index in [-0.39, 0.29) is 5.91 Å². The van der Waals surface area contributed by atoms with Crippen LogP contribution in [0.5, 0.6) is 0 Å². The van der Waals surface area contributed by atoms with E-state index in [9.17, 15) is 4.79 Å². The zero-order valence-corrected chi connectivity index (χ0v) is 14.3. The Morgan fingerprint density at radius 1 is 1.37 bits per heavy atom. The van der Waals surface area contributed by atoms with Crippen LogP contribution in [0.25, 0.3) is 0 Å². The Labute approximate surface area is 133 Å². The molecule has 0 aliphatic heterocycles. The number of hydrogen-bond acceptors (Lipinski definition) is 2. The molecule has 1 aromatic carbocycles. The van der Waals surface area contributed by atoms with Crippen molar-refractivity contribution in [1.82, 2.24) is 10.2 Å². The molecule has 19 heavy (non-hydrogen) atoms. The van der Waals surface area contributed by atoms with Gasteiger partial charge in [0.05, 0.1) is 5.56 Å². The molecule has 0 saturated carbocycles. The van der Waals surface area contributed by atoms with Gasteiger partial charge in [0.1, 0.15) is 0 Å². The molecule has 0 aliphatic rings. The van der Waals surface area contributed by atoms with Gasteiger partial charge in [0.2, 0.25) is 0 Å². The molecule has 0 atom stereocenters. The SMILES string of the molecule is CCCN(CC)CCNC(=O)c1cc(Cl)ccc1I. The van der Waals surface area contributed by atoms with Crippen LogP contribution in [0.1, 0.15) is 30.6 Å². The Morgan fingerprint density at radius 2 is 2.11 bits per heavy atom. The van der Waals surface area contributed by atoms with Gasteiger partial charge in [-0.3, -0.25) is 4.79 Å². The molecule has 0 unspecified atom stereocenters. The Hall–Kier alpha value is -0.330. The molecule has 5 heteroatoms. The first kappa shape index (κ1) is 16.7. The van der Waals surface area contributed by atoms with Crippen molar-refractivity contribution in [2.75, 3.05) is 26.2 Å². The van der Waals surface area contributed by atoms with Crippen LogP contribution in [0, 0.1) is 3.57 Å². The Morgan fingerprint density at radius 3 is 2.74 bits per heavy atom. The number of halogens is 2. The van der Waals surface area contributed by atoms with Crippen molar-refractivity contribution in [2.45, 2.75) is 20.3 Å². The van der Waals surface area contributed by atoms with Gasteiger partial charge in [-0.25, -0.2) is 0 Å². The summed E-state index contributed by atoms with van der Waals surface area (Å²) in [6.45, 7) is 7.93. The molecule has 0 aliphatic carbocycles. The van der Waals surface area contributed by atoms with Crippen LogP contribution in [-0.4, -0.2) is 37.0 Å². The molecule has 0 saturated heterocycles. The van der Waals surface area contributed by atoms with Gasteiger partial charge in [-0.15, -0.1) is 0 Å². The highest BCUT2D eigenvalue weighted by Crippen LogP contribution is 2.17. The first-order valence-corrected chi connectivity index (χ1v) is 7.99. The van der Waals surface area contributed by atoms with Crippen molar-refractivity contribution < 1.29 is 4.79 Å². The number of hydrogen-bond donors (Lipinski definition) is 1. The highest BCUT2D eigenvalue weighted by molar-refractivity contribution is 14.1. The topological polar surface area (TPSA) is 32.3 Å². The summed E-state index contributed by atoms with van der Waals surface area (Å²) in [6, 6.07) is 5.36. The van der Waals surface area contributed by atoms with Gasteiger partial charge < -0.3 is 10.2 Å². The lowest BCUT2D eigenvalue weighted by Crippen LogP contribution is -2.35. The number of nitrogens with zero attached hydrogens (tertiary/aromatic N) is 1. The fraction of sp³-hybridized carbons (Fsp3) is 0.500. The second kappa shape index (κ2) is 8.76. The van der Waals surface area contributed by atoms with E-state index in [1.807, 2.05) is 6.07 Å². The van der Waals surface area contributed by atoms with Crippen LogP contribution >= 0.6 is 34.2 Å². The van der Waals surface area contributed by atoms with E-state index >= 15 is 0 Å². The van der Waals surface area contributed by atoms with Gasteiger partial charge in [-0.2, -0.15) is 0 Å². The van der Waals surface area contributed by atoms with Gasteiger partial charge in [-0.05, 0) is 60.3 Å². The van der Waals surface area contributed by atoms with Gasteiger partial charge in [0.15, 0.2) is 0 Å². The summed E-state index contributed by atoms with van der Waals surface area (Å²) >= 11 is 8.07. The van der Waals surface area contributed by atoms with Crippen molar-refractivity contribution in [2.24, 2.45) is 0 Å². The van der Waals surface area contributed by atoms with E-state index in [0.29, 0.717) is 17.1 Å². The number of rotatable bonds is 7. The number of amides is 1. The lowest BCUT2D eigenvalue weighted by atomic mass is 10.2. The number of likely N-dealkylation sites (N-methyl/N-ethyl adjacent to an activating group) is 1. The number of carbonyl (C=O) groups is 1. The van der Waals surface area contributed by atoms with Crippen LogP contribution in [0.3, 0.4) is 0 Å². The Kier molecular flexibility index (Phi) is 7.71. The van der Waals surface area contributed by atoms with Crippen LogP contribution in [0.2, 0.25) is 5.02 Å². The second-order valence-corrected chi connectivity index (χ2v) is 5.91. The van der Waals surface area contributed by atoms with E-state index in [1.165, 1.54) is 0 Å². The maximum atomic E-state index is 12.1. The Balaban J connectivity index is 2.49. The predicted octanol–water partition coefficient (Wildman–Crippen LogP) is 3.41. The zero-order valence-electron chi connectivity index (χ0n) is 11.4. The van der Waals surface area contributed by atoms with Gasteiger partial charge >= 0.3 is 0 Å². The largest absolute Gasteiger partial charge is 0.351 e. The summed E-state index contributed by atoms with van der Waals surface area (Å²) in [5.74, 6) is -0.0561. The Bertz CT molecular complexity index is 426. The molecule has 1 aromatic rings. The van der Waals surface area contributed by atoms with Crippen molar-refractivity contribution in [1.29, 1.82) is 0 Å². The van der Waals surface area contributed by atoms with Crippen LogP contribution in [0.4, 0.5) is 0 Å². The quantitative estimate of drug-likeness (QED) is 0.719. The van der Waals surface area contributed by atoms with Crippen LogP contribution in [-0.2, 0) is 0 Å². The summed E-state index contributed by atoms with van der Waals surface area (Å²) in [7, 11) is 0. The summed E-state index contributed by atoms with van der Waals surface area (Å²) in [6.07, 6.45) is 1.13. The molecule has 0 radical (unpaired) electrons. The smallest absolute Gasteiger partial charge is 0.252 e. The van der Waals surface area contributed by atoms with Gasteiger partial charge in [0, 0.05) is 21.7 Å². The van der Waals surface area contributed by atoms with E-state index in [0.717, 1.165) is 29.6 Å². The summed E-state index contributed by atoms with van der Waals surface area (Å²) < 4.78 is 0.917. The third-order valence-corrected chi connectivity index (χ3v) is 4.05. The maximum Gasteiger partial charge on any atom is 0.252 e. The van der Waals surface area contributed by atoms with E-state index in [1.54, 1.807) is 12.1 Å². The van der Waals surface area contributed by atoms with Crippen LogP contribution in [0.15, 0.2) is 18.2 Å². The molecule has 1 amide bonds. The highest BCUT2D eigenvalue weighted by atomic mass is 127. The fourth-order valence-corrected chi connectivity index (χ4v) is 2.59. The average Bonchev–Trinajstić information content (AvgIpc) is 2.40. The third kappa shape index (κ3) is 5.67. The standard InChI is InChI=1S/C14H20ClIN2O/c1-3-8-18(4-2)9-7-17-14(19)12-10-11(15)5-6-13(12)16/h5-6,10H,3-4,7-9H2,1-2H3,(H,17,19). The molecule has 0 fully saturated rings. The minimum Gasteiger partial charge on any atom is -0.351 e. The molecule has 3 nitrogen and oxygen atoms in total. The first-order valence-electron chi connectivity index (χ1n) is 6.54. The molecule has 0 aromatic heterocycles. The number of carbonyl (C=O) groups excluding carboxylic acids is 1. The molecular formula is C14H20ClIN2O. The molecule has 0 bridgehead atoms. The minimum absolute atomic E-state index is 0.0561. The maximum absolute atomic E-state index is 12.1. The molecule has 0 spiro atoms. The molecule has 106 valence electrons. The van der Waals surface area contributed by atoms with Crippen molar-refractivity contribution >= 4 is 40.1 Å². The van der Waals surface area contributed by atoms with Gasteiger partial charge in [-0.1, -0.05) is 25.4 Å². The van der Waals surface area contributed by atoms with Crippen LogP contribution < -0.4 is 5.32 Å². The summed E-state index contributed by atoms with van der Waals surface area (Å²) in [5, 5.41) is 3.54. The second-order valence-electron chi connectivity index (χ2n) is 4.31. The van der Waals surface area contributed by atoms with Crippen molar-refractivity contribution in [3.05, 3.63) is 32.4 Å². The predicted molar refractivity (Wildman–Crippen MR) is 88.9 cm³/mol. The fourth-order valence-electron chi connectivity index (χ4n) is 1.84. The van der Waals surface area contributed by atoms with E-state index < -0.39 is 0 Å². The van der Waals surface area contributed by atoms with Crippen molar-refractivity contribution in [3.63, 3.8) is 0 Å². The number of nitrogens with one attached hydrogen (secondary N) is 1. The van der Waals surface area contributed by atoms with E-state index in [4.69, 9.17) is 11.6 Å². The van der Waals surface area contributed by atoms with Crippen molar-refractivity contribution in [3.8, 4) is 0 Å². The van der Waals surface area contributed by atoms with E-state index in [2.05, 4.69) is 46.7 Å². The summed E-state index contributed by atoms with van der Waals surface area (Å²) in [5.41, 5.74) is 0.645. The molecule has 0 heterocycles. The molecule has 1 N–H and O–H groups in total. The average molecular weight is 395 g/mol. The molecular weight excluding hydrogens is 375 g/mol.